The molecule has 0 unspecified atom stereocenters. The lowest BCUT2D eigenvalue weighted by Gasteiger charge is -2.39. The van der Waals surface area contributed by atoms with Crippen molar-refractivity contribution < 1.29 is 4.79 Å². The molecule has 2 aromatic rings. The van der Waals surface area contributed by atoms with E-state index in [1.807, 2.05) is 18.7 Å². The number of nitrogens with two attached hydrogens (primary N) is 1. The minimum atomic E-state index is -0.269. The van der Waals surface area contributed by atoms with Crippen molar-refractivity contribution in [3.63, 3.8) is 0 Å². The molecule has 0 saturated carbocycles. The van der Waals surface area contributed by atoms with Crippen molar-refractivity contribution in [2.75, 3.05) is 19.6 Å². The van der Waals surface area contributed by atoms with Gasteiger partial charge in [-0.15, -0.1) is 0 Å². The average molecular weight is 301 g/mol. The standard InChI is InChI=1S/C16H23N5O/c1-11-12-5-6-13(18-15(12)20(3)19-11)16(2)7-4-8-21(10-16)9-14(17)22/h5-6H,4,7-10H2,1-3H3,(H2,17,22)/t16-/m1/s1. The fraction of sp³-hybridized carbons (Fsp3) is 0.562. The van der Waals surface area contributed by atoms with Crippen molar-refractivity contribution >= 4 is 16.9 Å². The summed E-state index contributed by atoms with van der Waals surface area (Å²) in [4.78, 5) is 18.2. The van der Waals surface area contributed by atoms with Crippen molar-refractivity contribution in [3.05, 3.63) is 23.5 Å². The van der Waals surface area contributed by atoms with Crippen LogP contribution in [-0.2, 0) is 17.3 Å². The van der Waals surface area contributed by atoms with Crippen molar-refractivity contribution in [3.8, 4) is 0 Å². The Labute approximate surface area is 130 Å². The molecule has 0 aromatic carbocycles. The largest absolute Gasteiger partial charge is 0.369 e. The minimum absolute atomic E-state index is 0.0555. The van der Waals surface area contributed by atoms with Crippen LogP contribution in [0.3, 0.4) is 0 Å². The van der Waals surface area contributed by atoms with Gasteiger partial charge < -0.3 is 5.73 Å². The first kappa shape index (κ1) is 15.0. The molecular weight excluding hydrogens is 278 g/mol. The number of fused-ring (bicyclic) bond motifs is 1. The molecule has 1 aliphatic rings. The second kappa shape index (κ2) is 5.35. The molecule has 6 heteroatoms. The Morgan fingerprint density at radius 3 is 2.95 bits per heavy atom. The molecule has 1 amide bonds. The summed E-state index contributed by atoms with van der Waals surface area (Å²) in [5, 5.41) is 5.53. The number of aromatic nitrogens is 3. The lowest BCUT2D eigenvalue weighted by Crippen LogP contribution is -2.47. The van der Waals surface area contributed by atoms with E-state index in [9.17, 15) is 4.79 Å². The summed E-state index contributed by atoms with van der Waals surface area (Å²) in [5.74, 6) is -0.269. The zero-order valence-corrected chi connectivity index (χ0v) is 13.5. The highest BCUT2D eigenvalue weighted by Crippen LogP contribution is 2.33. The van der Waals surface area contributed by atoms with Gasteiger partial charge in [0.25, 0.3) is 0 Å². The molecule has 6 nitrogen and oxygen atoms in total. The Balaban J connectivity index is 1.94. The van der Waals surface area contributed by atoms with Crippen LogP contribution in [0.1, 0.15) is 31.2 Å². The summed E-state index contributed by atoms with van der Waals surface area (Å²) in [5.41, 5.74) is 8.27. The second-order valence-corrected chi connectivity index (χ2v) is 6.62. The third-order valence-corrected chi connectivity index (χ3v) is 4.64. The van der Waals surface area contributed by atoms with E-state index in [0.717, 1.165) is 48.4 Å². The molecule has 0 aliphatic carbocycles. The van der Waals surface area contributed by atoms with E-state index in [0.29, 0.717) is 6.54 Å². The number of likely N-dealkylation sites (tertiary alicyclic amines) is 1. The van der Waals surface area contributed by atoms with Crippen LogP contribution in [0.4, 0.5) is 0 Å². The maximum atomic E-state index is 11.2. The first-order valence-corrected chi connectivity index (χ1v) is 7.70. The van der Waals surface area contributed by atoms with E-state index in [1.54, 1.807) is 0 Å². The van der Waals surface area contributed by atoms with Crippen molar-refractivity contribution in [2.24, 2.45) is 12.8 Å². The zero-order chi connectivity index (χ0) is 15.9. The van der Waals surface area contributed by atoms with Gasteiger partial charge in [-0.2, -0.15) is 5.10 Å². The number of carbonyl (C=O) groups excluding carboxylic acids is 1. The summed E-state index contributed by atoms with van der Waals surface area (Å²) >= 11 is 0. The molecule has 1 aliphatic heterocycles. The smallest absolute Gasteiger partial charge is 0.231 e. The maximum Gasteiger partial charge on any atom is 0.231 e. The summed E-state index contributed by atoms with van der Waals surface area (Å²) in [7, 11) is 1.93. The van der Waals surface area contributed by atoms with Gasteiger partial charge in [-0.05, 0) is 38.4 Å². The summed E-state index contributed by atoms with van der Waals surface area (Å²) in [6, 6.07) is 4.21. The van der Waals surface area contributed by atoms with Crippen LogP contribution in [-0.4, -0.2) is 45.2 Å². The number of carbonyl (C=O) groups is 1. The fourth-order valence-corrected chi connectivity index (χ4v) is 3.55. The summed E-state index contributed by atoms with van der Waals surface area (Å²) < 4.78 is 1.83. The van der Waals surface area contributed by atoms with Gasteiger partial charge in [0, 0.05) is 24.4 Å². The van der Waals surface area contributed by atoms with E-state index in [-0.39, 0.29) is 11.3 Å². The minimum Gasteiger partial charge on any atom is -0.369 e. The molecule has 2 aromatic heterocycles. The topological polar surface area (TPSA) is 77.0 Å². The van der Waals surface area contributed by atoms with Gasteiger partial charge in [0.05, 0.1) is 17.9 Å². The van der Waals surface area contributed by atoms with Crippen LogP contribution in [0.15, 0.2) is 12.1 Å². The van der Waals surface area contributed by atoms with E-state index in [4.69, 9.17) is 10.7 Å². The van der Waals surface area contributed by atoms with Crippen LogP contribution >= 0.6 is 0 Å². The highest BCUT2D eigenvalue weighted by molar-refractivity contribution is 5.78. The number of pyridine rings is 1. The Hall–Kier alpha value is -1.95. The van der Waals surface area contributed by atoms with Crippen LogP contribution in [0.2, 0.25) is 0 Å². The molecule has 3 rings (SSSR count). The normalized spacial score (nSPS) is 23.0. The van der Waals surface area contributed by atoms with E-state index in [1.165, 1.54) is 0 Å². The summed E-state index contributed by atoms with van der Waals surface area (Å²) in [6.45, 7) is 6.28. The van der Waals surface area contributed by atoms with Crippen LogP contribution < -0.4 is 5.73 Å². The predicted molar refractivity (Wildman–Crippen MR) is 85.5 cm³/mol. The quantitative estimate of drug-likeness (QED) is 0.921. The van der Waals surface area contributed by atoms with Gasteiger partial charge >= 0.3 is 0 Å². The zero-order valence-electron chi connectivity index (χ0n) is 13.5. The SMILES string of the molecule is Cc1nn(C)c2nc([C@]3(C)CCCN(CC(N)=O)C3)ccc12. The van der Waals surface area contributed by atoms with Gasteiger partial charge in [0.1, 0.15) is 0 Å². The average Bonchev–Trinajstić information content (AvgIpc) is 2.73. The van der Waals surface area contributed by atoms with Crippen LogP contribution in [0, 0.1) is 6.92 Å². The Kier molecular flexibility index (Phi) is 3.64. The monoisotopic (exact) mass is 301 g/mol. The van der Waals surface area contributed by atoms with Crippen LogP contribution in [0.25, 0.3) is 11.0 Å². The molecular formula is C16H23N5O. The maximum absolute atomic E-state index is 11.2. The van der Waals surface area contributed by atoms with Gasteiger partial charge in [-0.25, -0.2) is 4.98 Å². The number of nitrogens with zero attached hydrogens (tertiary/aromatic N) is 4. The number of piperidine rings is 1. The van der Waals surface area contributed by atoms with Gasteiger partial charge in [-0.1, -0.05) is 6.92 Å². The lowest BCUT2D eigenvalue weighted by atomic mass is 9.78. The van der Waals surface area contributed by atoms with Crippen molar-refractivity contribution in [1.29, 1.82) is 0 Å². The number of rotatable bonds is 3. The lowest BCUT2D eigenvalue weighted by molar-refractivity contribution is -0.119. The molecule has 3 heterocycles. The van der Waals surface area contributed by atoms with Crippen molar-refractivity contribution in [2.45, 2.75) is 32.1 Å². The highest BCUT2D eigenvalue weighted by Gasteiger charge is 2.34. The van der Waals surface area contributed by atoms with Gasteiger partial charge in [-0.3, -0.25) is 14.4 Å². The highest BCUT2D eigenvalue weighted by atomic mass is 16.1. The summed E-state index contributed by atoms with van der Waals surface area (Å²) in [6.07, 6.45) is 2.12. The molecule has 0 spiro atoms. The first-order valence-electron chi connectivity index (χ1n) is 7.70. The first-order chi connectivity index (χ1) is 10.4. The Bertz CT molecular complexity index is 723. The molecule has 2 N–H and O–H groups in total. The number of amides is 1. The molecule has 0 bridgehead atoms. The van der Waals surface area contributed by atoms with E-state index in [2.05, 4.69) is 29.1 Å². The number of hydrogen-bond acceptors (Lipinski definition) is 4. The predicted octanol–water partition coefficient (Wildman–Crippen LogP) is 1.12. The Morgan fingerprint density at radius 1 is 1.45 bits per heavy atom. The number of primary amides is 1. The molecule has 1 fully saturated rings. The number of aryl methyl sites for hydroxylation is 2. The third kappa shape index (κ3) is 2.59. The van der Waals surface area contributed by atoms with Crippen molar-refractivity contribution in [1.82, 2.24) is 19.7 Å². The number of hydrogen-bond donors (Lipinski definition) is 1. The van der Waals surface area contributed by atoms with Gasteiger partial charge in [0.15, 0.2) is 5.65 Å². The molecule has 22 heavy (non-hydrogen) atoms. The van der Waals surface area contributed by atoms with Gasteiger partial charge in [0.2, 0.25) is 5.91 Å². The molecule has 1 atom stereocenters. The Morgan fingerprint density at radius 2 is 2.23 bits per heavy atom. The van der Waals surface area contributed by atoms with Crippen LogP contribution in [0.5, 0.6) is 0 Å². The third-order valence-electron chi connectivity index (χ3n) is 4.64. The van der Waals surface area contributed by atoms with E-state index >= 15 is 0 Å². The molecule has 118 valence electrons. The second-order valence-electron chi connectivity index (χ2n) is 6.62. The molecule has 0 radical (unpaired) electrons. The molecule has 1 saturated heterocycles. The fourth-order valence-electron chi connectivity index (χ4n) is 3.55. The van der Waals surface area contributed by atoms with E-state index < -0.39 is 0 Å².